The van der Waals surface area contributed by atoms with Gasteiger partial charge in [-0.2, -0.15) is 0 Å². The summed E-state index contributed by atoms with van der Waals surface area (Å²) in [6.45, 7) is 2.63. The van der Waals surface area contributed by atoms with Gasteiger partial charge in [0.2, 0.25) is 0 Å². The van der Waals surface area contributed by atoms with Gasteiger partial charge >= 0.3 is 5.97 Å². The molecule has 1 aromatic rings. The molecule has 0 radical (unpaired) electrons. The van der Waals surface area contributed by atoms with Crippen LogP contribution in [0.2, 0.25) is 0 Å². The van der Waals surface area contributed by atoms with E-state index in [0.29, 0.717) is 24.2 Å². The van der Waals surface area contributed by atoms with Gasteiger partial charge in [0.1, 0.15) is 5.82 Å². The minimum Gasteiger partial charge on any atom is -0.481 e. The summed E-state index contributed by atoms with van der Waals surface area (Å²) in [7, 11) is 0. The number of hydrogen-bond donors (Lipinski definition) is 2. The lowest BCUT2D eigenvalue weighted by molar-refractivity contribution is -0.141. The Morgan fingerprint density at radius 3 is 2.94 bits per heavy atom. The van der Waals surface area contributed by atoms with Crippen molar-refractivity contribution in [1.29, 1.82) is 0 Å². The zero-order valence-corrected chi connectivity index (χ0v) is 9.03. The van der Waals surface area contributed by atoms with E-state index in [4.69, 9.17) is 5.11 Å². The van der Waals surface area contributed by atoms with E-state index in [1.807, 2.05) is 0 Å². The first kappa shape index (κ1) is 11.1. The van der Waals surface area contributed by atoms with Crippen molar-refractivity contribution >= 4 is 5.97 Å². The summed E-state index contributed by atoms with van der Waals surface area (Å²) in [6, 6.07) is 5.14. The maximum atomic E-state index is 13.9. The molecule has 2 N–H and O–H groups in total. The quantitative estimate of drug-likeness (QED) is 0.799. The Morgan fingerprint density at radius 2 is 2.25 bits per heavy atom. The van der Waals surface area contributed by atoms with Crippen LogP contribution < -0.4 is 5.32 Å². The third kappa shape index (κ3) is 1.80. The summed E-state index contributed by atoms with van der Waals surface area (Å²) >= 11 is 0. The molecule has 0 amide bonds. The number of carbonyl (C=O) groups is 1. The molecule has 2 unspecified atom stereocenters. The van der Waals surface area contributed by atoms with Gasteiger partial charge in [-0.1, -0.05) is 18.2 Å². The number of hydrogen-bond acceptors (Lipinski definition) is 2. The van der Waals surface area contributed by atoms with Gasteiger partial charge < -0.3 is 10.4 Å². The van der Waals surface area contributed by atoms with Gasteiger partial charge in [0.25, 0.3) is 0 Å². The van der Waals surface area contributed by atoms with E-state index in [-0.39, 0.29) is 11.7 Å². The predicted molar refractivity (Wildman–Crippen MR) is 57.9 cm³/mol. The second kappa shape index (κ2) is 4.22. The molecule has 0 aromatic heterocycles. The van der Waals surface area contributed by atoms with Crippen molar-refractivity contribution in [2.45, 2.75) is 12.8 Å². The van der Waals surface area contributed by atoms with Crippen molar-refractivity contribution in [3.05, 3.63) is 35.1 Å². The Hall–Kier alpha value is -1.42. The molecular weight excluding hydrogens is 209 g/mol. The third-order valence-corrected chi connectivity index (χ3v) is 3.15. The van der Waals surface area contributed by atoms with Crippen LogP contribution in [0.4, 0.5) is 4.39 Å². The maximum Gasteiger partial charge on any atom is 0.308 e. The van der Waals surface area contributed by atoms with E-state index in [2.05, 4.69) is 5.32 Å². The van der Waals surface area contributed by atoms with E-state index in [9.17, 15) is 9.18 Å². The Kier molecular flexibility index (Phi) is 2.92. The van der Waals surface area contributed by atoms with Crippen LogP contribution in [0.5, 0.6) is 0 Å². The molecule has 1 aliphatic heterocycles. The van der Waals surface area contributed by atoms with Crippen LogP contribution in [-0.4, -0.2) is 24.2 Å². The average Bonchev–Trinajstić information content (AvgIpc) is 2.70. The highest BCUT2D eigenvalue weighted by Crippen LogP contribution is 2.30. The minimum absolute atomic E-state index is 0.266. The lowest BCUT2D eigenvalue weighted by Gasteiger charge is -2.16. The zero-order chi connectivity index (χ0) is 11.7. The number of carboxylic acids is 1. The Balaban J connectivity index is 2.36. The van der Waals surface area contributed by atoms with E-state index >= 15 is 0 Å². The Morgan fingerprint density at radius 1 is 1.50 bits per heavy atom. The van der Waals surface area contributed by atoms with Crippen molar-refractivity contribution in [2.75, 3.05) is 13.1 Å². The van der Waals surface area contributed by atoms with Crippen molar-refractivity contribution in [3.8, 4) is 0 Å². The first-order valence-corrected chi connectivity index (χ1v) is 5.30. The molecule has 2 rings (SSSR count). The number of halogens is 1. The smallest absolute Gasteiger partial charge is 0.308 e. The van der Waals surface area contributed by atoms with Gasteiger partial charge in [-0.3, -0.25) is 4.79 Å². The van der Waals surface area contributed by atoms with Crippen LogP contribution in [0, 0.1) is 18.7 Å². The van der Waals surface area contributed by atoms with Crippen molar-refractivity contribution in [3.63, 3.8) is 0 Å². The largest absolute Gasteiger partial charge is 0.481 e. The molecule has 86 valence electrons. The molecule has 1 fully saturated rings. The SMILES string of the molecule is Cc1cccc(C2CNCC2C(=O)O)c1F. The van der Waals surface area contributed by atoms with Crippen LogP contribution >= 0.6 is 0 Å². The Labute approximate surface area is 93.3 Å². The monoisotopic (exact) mass is 223 g/mol. The summed E-state index contributed by atoms with van der Waals surface area (Å²) < 4.78 is 13.9. The number of nitrogens with one attached hydrogen (secondary N) is 1. The van der Waals surface area contributed by atoms with Crippen molar-refractivity contribution in [2.24, 2.45) is 5.92 Å². The Bertz CT molecular complexity index is 419. The fraction of sp³-hybridized carbons (Fsp3) is 0.417. The molecule has 1 saturated heterocycles. The summed E-state index contributed by atoms with van der Waals surface area (Å²) in [6.07, 6.45) is 0. The van der Waals surface area contributed by atoms with Crippen LogP contribution in [0.25, 0.3) is 0 Å². The molecule has 0 bridgehead atoms. The number of aliphatic carboxylic acids is 1. The summed E-state index contributed by atoms with van der Waals surface area (Å²) in [4.78, 5) is 11.0. The number of aryl methyl sites for hydroxylation is 1. The third-order valence-electron chi connectivity index (χ3n) is 3.15. The second-order valence-corrected chi connectivity index (χ2v) is 4.19. The fourth-order valence-electron chi connectivity index (χ4n) is 2.22. The molecule has 0 saturated carbocycles. The zero-order valence-electron chi connectivity index (χ0n) is 9.03. The van der Waals surface area contributed by atoms with E-state index in [1.165, 1.54) is 0 Å². The molecule has 1 heterocycles. The lowest BCUT2D eigenvalue weighted by atomic mass is 9.88. The second-order valence-electron chi connectivity index (χ2n) is 4.19. The normalized spacial score (nSPS) is 24.6. The number of benzene rings is 1. The van der Waals surface area contributed by atoms with Gasteiger partial charge in [0.15, 0.2) is 0 Å². The van der Waals surface area contributed by atoms with Gasteiger partial charge in [0, 0.05) is 19.0 Å². The summed E-state index contributed by atoms with van der Waals surface area (Å²) in [5.74, 6) is -1.94. The minimum atomic E-state index is -0.865. The van der Waals surface area contributed by atoms with Crippen LogP contribution in [-0.2, 0) is 4.79 Å². The first-order chi connectivity index (χ1) is 7.61. The lowest BCUT2D eigenvalue weighted by Crippen LogP contribution is -2.21. The standard InChI is InChI=1S/C12H14FNO2/c1-7-3-2-4-8(11(7)13)9-5-14-6-10(9)12(15)16/h2-4,9-10,14H,5-6H2,1H3,(H,15,16). The molecular formula is C12H14FNO2. The first-order valence-electron chi connectivity index (χ1n) is 5.30. The molecule has 0 spiro atoms. The molecule has 0 aliphatic carbocycles. The average molecular weight is 223 g/mol. The van der Waals surface area contributed by atoms with Gasteiger partial charge in [-0.05, 0) is 18.1 Å². The van der Waals surface area contributed by atoms with E-state index < -0.39 is 11.9 Å². The number of rotatable bonds is 2. The van der Waals surface area contributed by atoms with E-state index in [0.717, 1.165) is 0 Å². The maximum absolute atomic E-state index is 13.9. The molecule has 3 nitrogen and oxygen atoms in total. The van der Waals surface area contributed by atoms with Crippen molar-refractivity contribution < 1.29 is 14.3 Å². The van der Waals surface area contributed by atoms with Gasteiger partial charge in [0.05, 0.1) is 5.92 Å². The summed E-state index contributed by atoms with van der Waals surface area (Å²) in [5, 5.41) is 12.0. The number of carboxylic acid groups (broad SMARTS) is 1. The highest BCUT2D eigenvalue weighted by molar-refractivity contribution is 5.72. The van der Waals surface area contributed by atoms with Crippen LogP contribution in [0.3, 0.4) is 0 Å². The summed E-state index contributed by atoms with van der Waals surface area (Å²) in [5.41, 5.74) is 1.07. The topological polar surface area (TPSA) is 49.3 Å². The van der Waals surface area contributed by atoms with Gasteiger partial charge in [-0.25, -0.2) is 4.39 Å². The van der Waals surface area contributed by atoms with Gasteiger partial charge in [-0.15, -0.1) is 0 Å². The molecule has 16 heavy (non-hydrogen) atoms. The molecule has 1 aromatic carbocycles. The van der Waals surface area contributed by atoms with E-state index in [1.54, 1.807) is 25.1 Å². The fourth-order valence-corrected chi connectivity index (χ4v) is 2.22. The van der Waals surface area contributed by atoms with Crippen molar-refractivity contribution in [1.82, 2.24) is 5.32 Å². The highest BCUT2D eigenvalue weighted by Gasteiger charge is 2.35. The van der Waals surface area contributed by atoms with Crippen LogP contribution in [0.1, 0.15) is 17.0 Å². The highest BCUT2D eigenvalue weighted by atomic mass is 19.1. The molecule has 1 aliphatic rings. The van der Waals surface area contributed by atoms with Crippen LogP contribution in [0.15, 0.2) is 18.2 Å². The predicted octanol–water partition coefficient (Wildman–Crippen LogP) is 1.52. The molecule has 2 atom stereocenters. The molecule has 4 heteroatoms.